The third-order valence-corrected chi connectivity index (χ3v) is 5.17. The van der Waals surface area contributed by atoms with Crippen molar-refractivity contribution in [3.05, 3.63) is 24.8 Å². The zero-order chi connectivity index (χ0) is 17.7. The molecule has 6 nitrogen and oxygen atoms in total. The van der Waals surface area contributed by atoms with E-state index in [0.717, 1.165) is 25.9 Å². The van der Waals surface area contributed by atoms with Gasteiger partial charge >= 0.3 is 0 Å². The topological polar surface area (TPSA) is 31.4 Å². The van der Waals surface area contributed by atoms with E-state index in [-0.39, 0.29) is 24.5 Å². The maximum Gasteiger partial charge on any atom is 0.141 e. The molecule has 0 saturated carbocycles. The van der Waals surface area contributed by atoms with E-state index in [0.29, 0.717) is 0 Å². The number of methoxy groups -OCH3 is 2. The Morgan fingerprint density at radius 3 is 2.04 bits per heavy atom. The van der Waals surface area contributed by atoms with E-state index in [9.17, 15) is 0 Å². The summed E-state index contributed by atoms with van der Waals surface area (Å²) < 4.78 is 11.0. The van der Waals surface area contributed by atoms with Crippen molar-refractivity contribution in [1.29, 1.82) is 0 Å². The zero-order valence-electron chi connectivity index (χ0n) is 16.1. The van der Waals surface area contributed by atoms with E-state index in [1.54, 1.807) is 14.2 Å². The van der Waals surface area contributed by atoms with Crippen molar-refractivity contribution >= 4 is 0 Å². The third-order valence-electron chi connectivity index (χ3n) is 5.17. The smallest absolute Gasteiger partial charge is 0.141 e. The van der Waals surface area contributed by atoms with Crippen molar-refractivity contribution < 1.29 is 9.47 Å². The molecule has 4 atom stereocenters. The van der Waals surface area contributed by atoms with Crippen LogP contribution < -0.4 is 0 Å². The lowest BCUT2D eigenvalue weighted by Gasteiger charge is -2.43. The molecule has 0 saturated heterocycles. The van der Waals surface area contributed by atoms with Crippen LogP contribution in [0.4, 0.5) is 0 Å². The molecule has 138 valence electrons. The molecule has 2 aliphatic rings. The molecule has 0 spiro atoms. The summed E-state index contributed by atoms with van der Waals surface area (Å²) in [4.78, 5) is 9.42. The van der Waals surface area contributed by atoms with Gasteiger partial charge in [-0.25, -0.2) is 0 Å². The van der Waals surface area contributed by atoms with Gasteiger partial charge in [-0.15, -0.1) is 0 Å². The molecule has 2 rings (SSSR count). The first-order chi connectivity index (χ1) is 11.5. The molecule has 0 aromatic heterocycles. The van der Waals surface area contributed by atoms with Crippen LogP contribution in [0.1, 0.15) is 26.7 Å². The highest BCUT2D eigenvalue weighted by molar-refractivity contribution is 5.07. The highest BCUT2D eigenvalue weighted by Gasteiger charge is 2.39. The van der Waals surface area contributed by atoms with Crippen molar-refractivity contribution in [3.8, 4) is 0 Å². The Kier molecular flexibility index (Phi) is 6.80. The molecular weight excluding hydrogens is 304 g/mol. The van der Waals surface area contributed by atoms with Crippen LogP contribution in [-0.2, 0) is 9.47 Å². The van der Waals surface area contributed by atoms with Crippen molar-refractivity contribution in [1.82, 2.24) is 19.6 Å². The van der Waals surface area contributed by atoms with E-state index in [4.69, 9.17) is 9.47 Å². The van der Waals surface area contributed by atoms with E-state index < -0.39 is 0 Å². The van der Waals surface area contributed by atoms with Crippen molar-refractivity contribution in [2.24, 2.45) is 0 Å². The van der Waals surface area contributed by atoms with Gasteiger partial charge < -0.3 is 29.1 Å². The molecule has 0 fully saturated rings. The molecular formula is C18H34N4O2. The van der Waals surface area contributed by atoms with Crippen LogP contribution in [0.15, 0.2) is 24.8 Å². The molecule has 24 heavy (non-hydrogen) atoms. The lowest BCUT2D eigenvalue weighted by Crippen LogP contribution is -2.57. The van der Waals surface area contributed by atoms with Crippen LogP contribution in [0.25, 0.3) is 0 Å². The molecule has 2 heterocycles. The highest BCUT2D eigenvalue weighted by Crippen LogP contribution is 2.27. The lowest BCUT2D eigenvalue weighted by atomic mass is 10.2. The Balaban J connectivity index is 2.07. The average Bonchev–Trinajstić information content (AvgIpc) is 3.12. The van der Waals surface area contributed by atoms with Crippen LogP contribution in [0, 0.1) is 0 Å². The normalized spacial score (nSPS) is 25.9. The summed E-state index contributed by atoms with van der Waals surface area (Å²) >= 11 is 0. The van der Waals surface area contributed by atoms with Crippen LogP contribution in [0.3, 0.4) is 0 Å². The molecule has 0 aromatic rings. The quantitative estimate of drug-likeness (QED) is 0.639. The molecule has 0 N–H and O–H groups in total. The number of ether oxygens (including phenoxy) is 2. The summed E-state index contributed by atoms with van der Waals surface area (Å²) in [5, 5.41) is 0. The second kappa shape index (κ2) is 8.62. The second-order valence-electron chi connectivity index (χ2n) is 6.79. The van der Waals surface area contributed by atoms with E-state index in [2.05, 4.69) is 72.3 Å². The molecule has 2 aliphatic heterocycles. The molecule has 0 aliphatic carbocycles. The molecule has 0 bridgehead atoms. The Labute approximate surface area is 147 Å². The number of likely N-dealkylation sites (N-methyl/N-ethyl adjacent to an activating group) is 2. The summed E-state index contributed by atoms with van der Waals surface area (Å²) in [5.74, 6) is 0. The number of rotatable bonds is 9. The van der Waals surface area contributed by atoms with Gasteiger partial charge in [0, 0.05) is 66.2 Å². The summed E-state index contributed by atoms with van der Waals surface area (Å²) in [7, 11) is 7.88. The van der Waals surface area contributed by atoms with Crippen LogP contribution in [0.2, 0.25) is 0 Å². The van der Waals surface area contributed by atoms with Crippen molar-refractivity contribution in [2.75, 3.05) is 41.4 Å². The van der Waals surface area contributed by atoms with Crippen LogP contribution >= 0.6 is 0 Å². The maximum atomic E-state index is 5.60. The fourth-order valence-electron chi connectivity index (χ4n) is 3.40. The third kappa shape index (κ3) is 4.16. The minimum Gasteiger partial charge on any atom is -0.382 e. The Bertz CT molecular complexity index is 439. The van der Waals surface area contributed by atoms with Gasteiger partial charge in [-0.3, -0.25) is 0 Å². The zero-order valence-corrected chi connectivity index (χ0v) is 16.1. The predicted molar refractivity (Wildman–Crippen MR) is 97.0 cm³/mol. The highest BCUT2D eigenvalue weighted by atomic mass is 16.5. The largest absolute Gasteiger partial charge is 0.382 e. The first-order valence-corrected chi connectivity index (χ1v) is 8.89. The van der Waals surface area contributed by atoms with Gasteiger partial charge in [0.25, 0.3) is 0 Å². The molecule has 0 amide bonds. The Morgan fingerprint density at radius 2 is 1.50 bits per heavy atom. The van der Waals surface area contributed by atoms with Gasteiger partial charge in [0.15, 0.2) is 0 Å². The maximum absolute atomic E-state index is 5.60. The van der Waals surface area contributed by atoms with Crippen LogP contribution in [0.5, 0.6) is 0 Å². The summed E-state index contributed by atoms with van der Waals surface area (Å²) in [5.41, 5.74) is 0. The predicted octanol–water partition coefficient (Wildman–Crippen LogP) is 1.93. The molecule has 4 unspecified atom stereocenters. The SMILES string of the molecule is CCC(CN1C=CN(C)C1C1N(C)C=CN1CCC(C)OC)OC. The summed E-state index contributed by atoms with van der Waals surface area (Å²) in [6.07, 6.45) is 11.8. The van der Waals surface area contributed by atoms with Crippen molar-refractivity contribution in [3.63, 3.8) is 0 Å². The fraction of sp³-hybridized carbons (Fsp3) is 0.778. The molecule has 0 aromatic carbocycles. The van der Waals surface area contributed by atoms with E-state index in [1.165, 1.54) is 0 Å². The van der Waals surface area contributed by atoms with Gasteiger partial charge in [0.05, 0.1) is 12.2 Å². The Hall–Kier alpha value is -1.40. The van der Waals surface area contributed by atoms with Gasteiger partial charge in [-0.05, 0) is 19.8 Å². The standard InChI is InChI=1S/C18H34N4O2/c1-7-16(24-6)14-22-13-11-20(4)18(22)17-19(3)10-12-21(17)9-8-15(2)23-5/h10-13,15-18H,7-9,14H2,1-6H3. The summed E-state index contributed by atoms with van der Waals surface area (Å²) in [6.45, 7) is 6.19. The van der Waals surface area contributed by atoms with Gasteiger partial charge in [-0.1, -0.05) is 6.92 Å². The lowest BCUT2D eigenvalue weighted by molar-refractivity contribution is -0.00819. The fourth-order valence-corrected chi connectivity index (χ4v) is 3.40. The second-order valence-corrected chi connectivity index (χ2v) is 6.79. The minimum atomic E-state index is 0.255. The van der Waals surface area contributed by atoms with Gasteiger partial charge in [-0.2, -0.15) is 0 Å². The Morgan fingerprint density at radius 1 is 0.917 bits per heavy atom. The van der Waals surface area contributed by atoms with Gasteiger partial charge in [0.1, 0.15) is 12.3 Å². The molecule has 0 radical (unpaired) electrons. The first kappa shape index (κ1) is 18.9. The summed E-state index contributed by atoms with van der Waals surface area (Å²) in [6, 6.07) is 0. The monoisotopic (exact) mass is 338 g/mol. The number of hydrogen-bond acceptors (Lipinski definition) is 6. The van der Waals surface area contributed by atoms with E-state index >= 15 is 0 Å². The van der Waals surface area contributed by atoms with Crippen molar-refractivity contribution in [2.45, 2.75) is 51.2 Å². The van der Waals surface area contributed by atoms with Crippen LogP contribution in [-0.4, -0.2) is 85.5 Å². The number of hydrogen-bond donors (Lipinski definition) is 0. The minimum absolute atomic E-state index is 0.255. The number of nitrogens with zero attached hydrogens (tertiary/aromatic N) is 4. The van der Waals surface area contributed by atoms with E-state index in [1.807, 2.05) is 0 Å². The van der Waals surface area contributed by atoms with Gasteiger partial charge in [0.2, 0.25) is 0 Å². The molecule has 6 heteroatoms. The first-order valence-electron chi connectivity index (χ1n) is 8.89. The average molecular weight is 338 g/mol.